The van der Waals surface area contributed by atoms with Gasteiger partial charge < -0.3 is 15.5 Å². The molecule has 0 aliphatic heterocycles. The minimum absolute atomic E-state index is 0.00429. The zero-order valence-corrected chi connectivity index (χ0v) is 8.82. The second kappa shape index (κ2) is 5.72. The molecular weight excluding hydrogens is 218 g/mol. The molecule has 0 saturated heterocycles. The number of rotatable bonds is 5. The zero-order chi connectivity index (χ0) is 12.1. The molecule has 1 rings (SSSR count). The van der Waals surface area contributed by atoms with E-state index in [2.05, 4.69) is 10.3 Å². The number of nitrogens with one attached hydrogen (secondary N) is 1. The number of aliphatic hydroxyl groups is 1. The fourth-order valence-electron chi connectivity index (χ4n) is 1.16. The molecule has 0 spiro atoms. The van der Waals surface area contributed by atoms with Crippen LogP contribution < -0.4 is 5.32 Å². The maximum absolute atomic E-state index is 11.9. The van der Waals surface area contributed by atoms with E-state index in [1.807, 2.05) is 0 Å². The Morgan fingerprint density at radius 3 is 2.75 bits per heavy atom. The fraction of sp³-hybridized carbons (Fsp3) is 0.500. The van der Waals surface area contributed by atoms with Crippen molar-refractivity contribution in [2.75, 3.05) is 6.54 Å². The average molecular weight is 232 g/mol. The highest BCUT2D eigenvalue weighted by Gasteiger charge is 2.16. The van der Waals surface area contributed by atoms with E-state index in [9.17, 15) is 13.9 Å². The van der Waals surface area contributed by atoms with Crippen LogP contribution in [0.15, 0.2) is 12.1 Å². The summed E-state index contributed by atoms with van der Waals surface area (Å²) in [5.41, 5.74) is 1.10. The lowest BCUT2D eigenvalue weighted by Gasteiger charge is -2.11. The summed E-state index contributed by atoms with van der Waals surface area (Å²) >= 11 is 0. The quantitative estimate of drug-likeness (QED) is 0.703. The number of hydrogen-bond acceptors (Lipinski definition) is 4. The van der Waals surface area contributed by atoms with Crippen LogP contribution in [0.1, 0.15) is 11.4 Å². The maximum atomic E-state index is 11.9. The van der Waals surface area contributed by atoms with Crippen LogP contribution in [-0.2, 0) is 6.54 Å². The Hall–Kier alpha value is -1.27. The first-order valence-corrected chi connectivity index (χ1v) is 4.83. The molecule has 0 bridgehead atoms. The predicted molar refractivity (Wildman–Crippen MR) is 54.4 cm³/mol. The van der Waals surface area contributed by atoms with Gasteiger partial charge >= 0.3 is 0 Å². The van der Waals surface area contributed by atoms with E-state index < -0.39 is 12.5 Å². The van der Waals surface area contributed by atoms with Crippen LogP contribution in [0, 0.1) is 6.92 Å². The van der Waals surface area contributed by atoms with Crippen molar-refractivity contribution in [3.63, 3.8) is 0 Å². The van der Waals surface area contributed by atoms with Crippen LogP contribution in [0.3, 0.4) is 0 Å². The lowest BCUT2D eigenvalue weighted by atomic mass is 10.2. The number of halogens is 2. The van der Waals surface area contributed by atoms with Crippen molar-refractivity contribution in [3.05, 3.63) is 23.5 Å². The Bertz CT molecular complexity index is 348. The van der Waals surface area contributed by atoms with E-state index in [-0.39, 0.29) is 18.8 Å². The van der Waals surface area contributed by atoms with E-state index in [4.69, 9.17) is 5.11 Å². The van der Waals surface area contributed by atoms with Crippen molar-refractivity contribution >= 4 is 0 Å². The van der Waals surface area contributed by atoms with Crippen LogP contribution in [0.4, 0.5) is 8.78 Å². The van der Waals surface area contributed by atoms with Crippen LogP contribution in [0.2, 0.25) is 0 Å². The summed E-state index contributed by atoms with van der Waals surface area (Å²) in [5, 5.41) is 20.8. The minimum Gasteiger partial charge on any atom is -0.506 e. The second-order valence-electron chi connectivity index (χ2n) is 3.45. The van der Waals surface area contributed by atoms with Gasteiger partial charge in [0.1, 0.15) is 11.9 Å². The van der Waals surface area contributed by atoms with Gasteiger partial charge in [-0.1, -0.05) is 0 Å². The summed E-state index contributed by atoms with van der Waals surface area (Å²) in [6.45, 7) is 1.65. The number of hydrogen-bond donors (Lipinski definition) is 3. The highest BCUT2D eigenvalue weighted by atomic mass is 19.3. The van der Waals surface area contributed by atoms with Crippen LogP contribution in [0.25, 0.3) is 0 Å². The van der Waals surface area contributed by atoms with Gasteiger partial charge in [-0.25, -0.2) is 8.78 Å². The van der Waals surface area contributed by atoms with Crippen LogP contribution in [0.5, 0.6) is 5.75 Å². The molecule has 1 heterocycles. The molecule has 1 aromatic heterocycles. The van der Waals surface area contributed by atoms with Gasteiger partial charge in [-0.05, 0) is 19.1 Å². The molecule has 1 atom stereocenters. The minimum atomic E-state index is -2.77. The predicted octanol–water partition coefficient (Wildman–Crippen LogP) is 0.811. The smallest absolute Gasteiger partial charge is 0.265 e. The zero-order valence-electron chi connectivity index (χ0n) is 8.82. The highest BCUT2D eigenvalue weighted by molar-refractivity contribution is 5.27. The Morgan fingerprint density at radius 1 is 1.44 bits per heavy atom. The van der Waals surface area contributed by atoms with Gasteiger partial charge in [-0.15, -0.1) is 0 Å². The number of pyridine rings is 1. The molecule has 6 heteroatoms. The molecular formula is C10H14F2N2O2. The monoisotopic (exact) mass is 232 g/mol. The van der Waals surface area contributed by atoms with Gasteiger partial charge in [-0.3, -0.25) is 4.98 Å². The molecule has 1 unspecified atom stereocenters. The molecule has 0 saturated carbocycles. The van der Waals surface area contributed by atoms with Gasteiger partial charge in [0, 0.05) is 18.8 Å². The number of nitrogens with zero attached hydrogens (tertiary/aromatic N) is 1. The molecule has 4 nitrogen and oxygen atoms in total. The number of aryl methyl sites for hydroxylation is 1. The first-order valence-electron chi connectivity index (χ1n) is 4.83. The maximum Gasteiger partial charge on any atom is 0.265 e. The average Bonchev–Trinajstić information content (AvgIpc) is 2.22. The standard InChI is InChI=1S/C10H14F2N2O2/c1-6-2-3-8(15)7(14-6)4-13-5-9(16)10(11)12/h2-3,9-10,13,15-16H,4-5H2,1H3. The Kier molecular flexibility index (Phi) is 4.57. The van der Waals surface area contributed by atoms with E-state index in [1.54, 1.807) is 13.0 Å². The van der Waals surface area contributed by atoms with Crippen molar-refractivity contribution < 1.29 is 19.0 Å². The molecule has 0 amide bonds. The first kappa shape index (κ1) is 12.8. The fourth-order valence-corrected chi connectivity index (χ4v) is 1.16. The molecule has 90 valence electrons. The third-order valence-corrected chi connectivity index (χ3v) is 2.03. The van der Waals surface area contributed by atoms with Crippen molar-refractivity contribution in [2.24, 2.45) is 0 Å². The molecule has 16 heavy (non-hydrogen) atoms. The Morgan fingerprint density at radius 2 is 2.12 bits per heavy atom. The van der Waals surface area contributed by atoms with E-state index in [0.717, 1.165) is 5.69 Å². The molecule has 0 aromatic carbocycles. The van der Waals surface area contributed by atoms with Gasteiger partial charge in [-0.2, -0.15) is 0 Å². The SMILES string of the molecule is Cc1ccc(O)c(CNCC(O)C(F)F)n1. The molecule has 1 aromatic rings. The van der Waals surface area contributed by atoms with Gasteiger partial charge in [0.05, 0.1) is 5.69 Å². The van der Waals surface area contributed by atoms with Crippen molar-refractivity contribution in [2.45, 2.75) is 26.0 Å². The molecule has 3 N–H and O–H groups in total. The number of alkyl halides is 2. The normalized spacial score (nSPS) is 13.1. The molecule has 0 aliphatic carbocycles. The Labute approximate surface area is 91.9 Å². The summed E-state index contributed by atoms with van der Waals surface area (Å²) in [7, 11) is 0. The topological polar surface area (TPSA) is 65.4 Å². The van der Waals surface area contributed by atoms with Crippen molar-refractivity contribution in [1.29, 1.82) is 0 Å². The van der Waals surface area contributed by atoms with Gasteiger partial charge in [0.15, 0.2) is 0 Å². The van der Waals surface area contributed by atoms with E-state index in [1.165, 1.54) is 6.07 Å². The van der Waals surface area contributed by atoms with E-state index in [0.29, 0.717) is 5.69 Å². The van der Waals surface area contributed by atoms with Crippen molar-refractivity contribution in [1.82, 2.24) is 10.3 Å². The first-order chi connectivity index (χ1) is 7.50. The second-order valence-corrected chi connectivity index (χ2v) is 3.45. The molecule has 0 aliphatic rings. The lowest BCUT2D eigenvalue weighted by molar-refractivity contribution is -0.00346. The summed E-state index contributed by atoms with van der Waals surface area (Å²) < 4.78 is 23.9. The van der Waals surface area contributed by atoms with Crippen LogP contribution >= 0.6 is 0 Å². The van der Waals surface area contributed by atoms with Crippen LogP contribution in [-0.4, -0.2) is 34.3 Å². The summed E-state index contributed by atoms with van der Waals surface area (Å²) in [5.74, 6) is 0.00429. The number of aliphatic hydroxyl groups excluding tert-OH is 1. The number of aromatic hydroxyl groups is 1. The Balaban J connectivity index is 2.45. The molecule has 0 radical (unpaired) electrons. The third kappa shape index (κ3) is 3.71. The summed E-state index contributed by atoms with van der Waals surface area (Å²) in [4.78, 5) is 4.03. The lowest BCUT2D eigenvalue weighted by Crippen LogP contribution is -2.31. The number of aromatic nitrogens is 1. The van der Waals surface area contributed by atoms with E-state index >= 15 is 0 Å². The largest absolute Gasteiger partial charge is 0.506 e. The van der Waals surface area contributed by atoms with Gasteiger partial charge in [0.25, 0.3) is 6.43 Å². The van der Waals surface area contributed by atoms with Gasteiger partial charge in [0.2, 0.25) is 0 Å². The summed E-state index contributed by atoms with van der Waals surface area (Å²) in [6, 6.07) is 3.13. The summed E-state index contributed by atoms with van der Waals surface area (Å²) in [6.07, 6.45) is -4.47. The molecule has 0 fully saturated rings. The third-order valence-electron chi connectivity index (χ3n) is 2.03. The highest BCUT2D eigenvalue weighted by Crippen LogP contribution is 2.14. The van der Waals surface area contributed by atoms with Crippen molar-refractivity contribution in [3.8, 4) is 5.75 Å².